The lowest BCUT2D eigenvalue weighted by Crippen LogP contribution is -2.49. The molecular formula is C34H35F6N3O6. The van der Waals surface area contributed by atoms with Gasteiger partial charge in [-0.1, -0.05) is 24.3 Å². The van der Waals surface area contributed by atoms with Crippen LogP contribution in [0.2, 0.25) is 0 Å². The van der Waals surface area contributed by atoms with E-state index >= 15 is 4.39 Å². The van der Waals surface area contributed by atoms with Crippen molar-refractivity contribution in [3.05, 3.63) is 101 Å². The van der Waals surface area contributed by atoms with Gasteiger partial charge in [-0.25, -0.2) is 18.0 Å². The van der Waals surface area contributed by atoms with Crippen LogP contribution in [0.1, 0.15) is 47.4 Å². The topological polar surface area (TPSA) is 116 Å². The number of esters is 1. The molecule has 49 heavy (non-hydrogen) atoms. The maximum atomic E-state index is 15.1. The molecule has 0 unspecified atom stereocenters. The average Bonchev–Trinajstić information content (AvgIpc) is 3.06. The minimum absolute atomic E-state index is 0.0904. The van der Waals surface area contributed by atoms with Crippen LogP contribution in [0.4, 0.5) is 31.1 Å². The Hall–Kier alpha value is -4.50. The van der Waals surface area contributed by atoms with Crippen LogP contribution in [0.5, 0.6) is 0 Å². The van der Waals surface area contributed by atoms with E-state index in [0.717, 1.165) is 13.3 Å². The fourth-order valence-corrected chi connectivity index (χ4v) is 5.49. The summed E-state index contributed by atoms with van der Waals surface area (Å²) in [5.41, 5.74) is 1.14. The van der Waals surface area contributed by atoms with E-state index in [1.165, 1.54) is 48.7 Å². The number of carbonyl (C=O) groups is 3. The predicted molar refractivity (Wildman–Crippen MR) is 163 cm³/mol. The third-order valence-corrected chi connectivity index (χ3v) is 7.98. The maximum Gasteiger partial charge on any atom is 0.407 e. The summed E-state index contributed by atoms with van der Waals surface area (Å²) in [6.45, 7) is 0.195. The van der Waals surface area contributed by atoms with Crippen molar-refractivity contribution in [2.45, 2.75) is 62.4 Å². The molecule has 0 aliphatic carbocycles. The summed E-state index contributed by atoms with van der Waals surface area (Å²) >= 11 is 0. The van der Waals surface area contributed by atoms with Gasteiger partial charge in [-0.05, 0) is 59.4 Å². The van der Waals surface area contributed by atoms with E-state index in [4.69, 9.17) is 14.2 Å². The Bertz CT molecular complexity index is 1580. The van der Waals surface area contributed by atoms with Crippen molar-refractivity contribution in [1.29, 1.82) is 0 Å². The lowest BCUT2D eigenvalue weighted by molar-refractivity contribution is -0.158. The number of alkyl halides is 3. The molecule has 1 fully saturated rings. The first-order chi connectivity index (χ1) is 23.3. The first-order valence-corrected chi connectivity index (χ1v) is 15.4. The summed E-state index contributed by atoms with van der Waals surface area (Å²) < 4.78 is 95.8. The fourth-order valence-electron chi connectivity index (χ4n) is 5.49. The van der Waals surface area contributed by atoms with E-state index in [-0.39, 0.29) is 43.7 Å². The number of ketones is 1. The SMILES string of the molecule is COC(=O)N[C@H](C(=O)Cc1cncc(F)c1CC[C@@H]1CN[C@H](COC(=O)CCC(F)(F)F)CO1)[C@@H](c1ccc(F)cc1)c1cccc(F)c1. The molecule has 4 rings (SSSR count). The van der Waals surface area contributed by atoms with Crippen LogP contribution in [0.3, 0.4) is 0 Å². The van der Waals surface area contributed by atoms with Crippen molar-refractivity contribution in [2.75, 3.05) is 26.9 Å². The Morgan fingerprint density at radius 1 is 1.04 bits per heavy atom. The summed E-state index contributed by atoms with van der Waals surface area (Å²) in [5, 5.41) is 5.62. The highest BCUT2D eigenvalue weighted by atomic mass is 19.4. The number of Topliss-reactive ketones (excluding diaryl/α,β-unsaturated/α-hetero) is 1. The molecule has 9 nitrogen and oxygen atoms in total. The molecule has 2 aromatic carbocycles. The molecule has 1 aromatic heterocycles. The summed E-state index contributed by atoms with van der Waals surface area (Å²) in [7, 11) is 1.11. The van der Waals surface area contributed by atoms with E-state index in [1.807, 2.05) is 0 Å². The number of rotatable bonds is 14. The van der Waals surface area contributed by atoms with Gasteiger partial charge in [-0.3, -0.25) is 14.6 Å². The van der Waals surface area contributed by atoms with Gasteiger partial charge >= 0.3 is 18.2 Å². The molecular weight excluding hydrogens is 660 g/mol. The van der Waals surface area contributed by atoms with Crippen molar-refractivity contribution in [2.24, 2.45) is 0 Å². The Labute approximate surface area is 278 Å². The molecule has 15 heteroatoms. The largest absolute Gasteiger partial charge is 0.464 e. The smallest absolute Gasteiger partial charge is 0.407 e. The lowest BCUT2D eigenvalue weighted by Gasteiger charge is -2.30. The second-order valence-electron chi connectivity index (χ2n) is 11.5. The highest BCUT2D eigenvalue weighted by Gasteiger charge is 2.34. The van der Waals surface area contributed by atoms with Crippen LogP contribution >= 0.6 is 0 Å². The second kappa shape index (κ2) is 17.2. The van der Waals surface area contributed by atoms with E-state index in [2.05, 4.69) is 15.6 Å². The number of hydrogen-bond donors (Lipinski definition) is 2. The fraction of sp³-hybridized carbons (Fsp3) is 0.412. The minimum Gasteiger partial charge on any atom is -0.464 e. The number of amides is 1. The Kier molecular flexibility index (Phi) is 13.1. The molecule has 1 saturated heterocycles. The maximum absolute atomic E-state index is 15.1. The van der Waals surface area contributed by atoms with Gasteiger partial charge < -0.3 is 24.8 Å². The molecule has 0 saturated carbocycles. The number of pyridine rings is 1. The van der Waals surface area contributed by atoms with Crippen LogP contribution < -0.4 is 10.6 Å². The number of methoxy groups -OCH3 is 1. The molecule has 264 valence electrons. The van der Waals surface area contributed by atoms with Crippen molar-refractivity contribution < 1.29 is 54.9 Å². The van der Waals surface area contributed by atoms with E-state index in [9.17, 15) is 36.3 Å². The number of nitrogens with one attached hydrogen (secondary N) is 2. The number of halogens is 6. The van der Waals surface area contributed by atoms with Gasteiger partial charge in [0, 0.05) is 25.1 Å². The standard InChI is InChI=1S/C34H35F6N3O6/c1-47-33(46)43-32(31(20-5-7-23(35)8-6-20)21-3-2-4-24(36)13-21)29(44)14-22-15-41-17-28(37)27(22)10-9-26-16-42-25(18-48-26)19-49-30(45)11-12-34(38,39)40/h2-8,13,15,17,25-26,31-32,42H,9-12,14,16,18-19H2,1H3,(H,43,46)/t25-,26+,31-,32+/m0/s1. The molecule has 1 aliphatic rings. The molecule has 3 aromatic rings. The van der Waals surface area contributed by atoms with Gasteiger partial charge in [0.25, 0.3) is 0 Å². The quantitative estimate of drug-likeness (QED) is 0.172. The molecule has 2 N–H and O–H groups in total. The summed E-state index contributed by atoms with van der Waals surface area (Å²) in [4.78, 5) is 42.0. The zero-order valence-corrected chi connectivity index (χ0v) is 26.4. The van der Waals surface area contributed by atoms with Crippen LogP contribution in [0.15, 0.2) is 60.9 Å². The summed E-state index contributed by atoms with van der Waals surface area (Å²) in [5.74, 6) is -4.35. The van der Waals surface area contributed by atoms with Gasteiger partial charge in [-0.15, -0.1) is 0 Å². The second-order valence-corrected chi connectivity index (χ2v) is 11.5. The number of alkyl carbamates (subject to hydrolysis) is 1. The molecule has 0 spiro atoms. The molecule has 0 bridgehead atoms. The van der Waals surface area contributed by atoms with Crippen LogP contribution in [0, 0.1) is 17.5 Å². The first-order valence-electron chi connectivity index (χ1n) is 15.4. The number of carbonyl (C=O) groups excluding carboxylic acids is 3. The van der Waals surface area contributed by atoms with Crippen LogP contribution in [0.25, 0.3) is 0 Å². The molecule has 2 heterocycles. The minimum atomic E-state index is -4.46. The average molecular weight is 696 g/mol. The highest BCUT2D eigenvalue weighted by Crippen LogP contribution is 2.31. The molecule has 0 radical (unpaired) electrons. The number of aromatic nitrogens is 1. The summed E-state index contributed by atoms with van der Waals surface area (Å²) in [6.07, 6.45) is -5.48. The zero-order valence-electron chi connectivity index (χ0n) is 26.4. The predicted octanol–water partition coefficient (Wildman–Crippen LogP) is 5.34. The van der Waals surface area contributed by atoms with Crippen molar-refractivity contribution in [3.8, 4) is 0 Å². The Balaban J connectivity index is 1.45. The zero-order chi connectivity index (χ0) is 35.6. The Morgan fingerprint density at radius 3 is 2.45 bits per heavy atom. The van der Waals surface area contributed by atoms with E-state index in [0.29, 0.717) is 17.5 Å². The van der Waals surface area contributed by atoms with Gasteiger partial charge in [0.15, 0.2) is 5.78 Å². The van der Waals surface area contributed by atoms with E-state index in [1.54, 1.807) is 6.07 Å². The van der Waals surface area contributed by atoms with Crippen molar-refractivity contribution in [1.82, 2.24) is 15.6 Å². The number of nitrogens with zero attached hydrogens (tertiary/aromatic N) is 1. The third-order valence-electron chi connectivity index (χ3n) is 7.98. The van der Waals surface area contributed by atoms with Gasteiger partial charge in [-0.2, -0.15) is 13.2 Å². The molecule has 4 atom stereocenters. The number of morpholine rings is 1. The monoisotopic (exact) mass is 695 g/mol. The number of hydrogen-bond acceptors (Lipinski definition) is 8. The van der Waals surface area contributed by atoms with Gasteiger partial charge in [0.1, 0.15) is 30.1 Å². The molecule has 1 aliphatic heterocycles. The normalized spacial score (nSPS) is 17.5. The van der Waals surface area contributed by atoms with E-state index < -0.39 is 78.4 Å². The number of ether oxygens (including phenoxy) is 3. The Morgan fingerprint density at radius 2 is 1.80 bits per heavy atom. The van der Waals surface area contributed by atoms with Crippen molar-refractivity contribution >= 4 is 17.8 Å². The van der Waals surface area contributed by atoms with Crippen LogP contribution in [-0.4, -0.2) is 74.1 Å². The first kappa shape index (κ1) is 37.3. The van der Waals surface area contributed by atoms with Gasteiger partial charge in [0.2, 0.25) is 0 Å². The number of benzene rings is 2. The van der Waals surface area contributed by atoms with Gasteiger partial charge in [0.05, 0.1) is 44.9 Å². The van der Waals surface area contributed by atoms with Crippen LogP contribution in [-0.2, 0) is 36.6 Å². The molecule has 1 amide bonds. The summed E-state index contributed by atoms with van der Waals surface area (Å²) in [6, 6.07) is 8.80. The third kappa shape index (κ3) is 11.3. The highest BCUT2D eigenvalue weighted by molar-refractivity contribution is 5.90. The van der Waals surface area contributed by atoms with Crippen molar-refractivity contribution in [3.63, 3.8) is 0 Å². The lowest BCUT2D eigenvalue weighted by atomic mass is 9.81.